The molecule has 88 valence electrons. The summed E-state index contributed by atoms with van der Waals surface area (Å²) in [6.45, 7) is 1.59. The van der Waals surface area contributed by atoms with Crippen LogP contribution in [0.25, 0.3) is 0 Å². The highest BCUT2D eigenvalue weighted by Gasteiger charge is 2.41. The lowest BCUT2D eigenvalue weighted by Crippen LogP contribution is -2.37. The molecule has 3 N–H and O–H groups in total. The average Bonchev–Trinajstić information content (AvgIpc) is 2.46. The first-order valence-corrected chi connectivity index (χ1v) is 4.84. The minimum atomic E-state index is -1.20. The predicted molar refractivity (Wildman–Crippen MR) is 52.9 cm³/mol. The number of rotatable bonds is 1. The van der Waals surface area contributed by atoms with Gasteiger partial charge in [-0.25, -0.2) is 4.79 Å². The second-order valence-corrected chi connectivity index (χ2v) is 3.73. The van der Waals surface area contributed by atoms with E-state index in [1.54, 1.807) is 6.92 Å². The Morgan fingerprint density at radius 2 is 2.06 bits per heavy atom. The van der Waals surface area contributed by atoms with Crippen molar-refractivity contribution in [3.8, 4) is 0 Å². The number of aliphatic hydroxyl groups is 2. The maximum absolute atomic E-state index is 11.4. The van der Waals surface area contributed by atoms with Gasteiger partial charge in [-0.15, -0.1) is 0 Å². The van der Waals surface area contributed by atoms with Crippen molar-refractivity contribution in [3.05, 3.63) is 33.1 Å². The highest BCUT2D eigenvalue weighted by Crippen LogP contribution is 2.27. The molecule has 7 nitrogen and oxygen atoms in total. The van der Waals surface area contributed by atoms with Crippen molar-refractivity contribution < 1.29 is 14.9 Å². The first kappa shape index (κ1) is 11.1. The van der Waals surface area contributed by atoms with Gasteiger partial charge >= 0.3 is 5.69 Å². The highest BCUT2D eigenvalue weighted by atomic mass is 16.6. The van der Waals surface area contributed by atoms with Crippen molar-refractivity contribution in [2.45, 2.75) is 31.5 Å². The monoisotopic (exact) mass is 228 g/mol. The number of aromatic nitrogens is 2. The SMILES string of the molecule is CC1OC(n2ccc(=O)[nH]c2=O)[C@@H](O)[C@@H]1O. The van der Waals surface area contributed by atoms with E-state index in [0.717, 1.165) is 10.6 Å². The largest absolute Gasteiger partial charge is 0.388 e. The van der Waals surface area contributed by atoms with Crippen molar-refractivity contribution in [1.82, 2.24) is 9.55 Å². The molecule has 0 aromatic carbocycles. The van der Waals surface area contributed by atoms with Crippen LogP contribution in [0.5, 0.6) is 0 Å². The standard InChI is InChI=1S/C9H12N2O5/c1-4-6(13)7(14)8(16-4)11-3-2-5(12)10-9(11)15/h2-4,6-8,13-14H,1H3,(H,10,12,15)/t4?,6-,7+,8?/m1/s1. The van der Waals surface area contributed by atoms with Crippen LogP contribution >= 0.6 is 0 Å². The molecule has 0 saturated carbocycles. The number of aliphatic hydroxyl groups excluding tert-OH is 2. The van der Waals surface area contributed by atoms with Gasteiger partial charge in [-0.2, -0.15) is 0 Å². The topological polar surface area (TPSA) is 105 Å². The molecule has 0 bridgehead atoms. The molecular weight excluding hydrogens is 216 g/mol. The molecule has 2 unspecified atom stereocenters. The van der Waals surface area contributed by atoms with E-state index in [2.05, 4.69) is 0 Å². The molecule has 2 rings (SSSR count). The average molecular weight is 228 g/mol. The number of nitrogens with one attached hydrogen (secondary N) is 1. The zero-order chi connectivity index (χ0) is 11.9. The Morgan fingerprint density at radius 3 is 2.56 bits per heavy atom. The Bertz CT molecular complexity index is 493. The van der Waals surface area contributed by atoms with Gasteiger partial charge in [0.15, 0.2) is 6.23 Å². The number of hydrogen-bond acceptors (Lipinski definition) is 5. The van der Waals surface area contributed by atoms with Gasteiger partial charge in [-0.05, 0) is 6.92 Å². The molecule has 1 aromatic rings. The third kappa shape index (κ3) is 1.69. The first-order valence-electron chi connectivity index (χ1n) is 4.84. The second kappa shape index (κ2) is 3.85. The molecule has 0 spiro atoms. The predicted octanol–water partition coefficient (Wildman–Crippen LogP) is -1.82. The van der Waals surface area contributed by atoms with Crippen LogP contribution in [0.4, 0.5) is 0 Å². The van der Waals surface area contributed by atoms with E-state index in [-0.39, 0.29) is 0 Å². The molecule has 0 aliphatic carbocycles. The fourth-order valence-electron chi connectivity index (χ4n) is 1.69. The van der Waals surface area contributed by atoms with Gasteiger partial charge in [0, 0.05) is 12.3 Å². The fourth-order valence-corrected chi connectivity index (χ4v) is 1.69. The van der Waals surface area contributed by atoms with E-state index in [0.29, 0.717) is 0 Å². The quantitative estimate of drug-likeness (QED) is 0.524. The van der Waals surface area contributed by atoms with Crippen molar-refractivity contribution in [3.63, 3.8) is 0 Å². The van der Waals surface area contributed by atoms with Gasteiger partial charge in [-0.3, -0.25) is 14.3 Å². The van der Waals surface area contributed by atoms with Crippen molar-refractivity contribution in [2.24, 2.45) is 0 Å². The van der Waals surface area contributed by atoms with Crippen LogP contribution in [0.3, 0.4) is 0 Å². The van der Waals surface area contributed by atoms with Crippen LogP contribution < -0.4 is 11.2 Å². The Kier molecular flexibility index (Phi) is 2.66. The Balaban J connectivity index is 2.39. The highest BCUT2D eigenvalue weighted by molar-refractivity contribution is 4.91. The van der Waals surface area contributed by atoms with Crippen molar-refractivity contribution in [2.75, 3.05) is 0 Å². The molecule has 4 atom stereocenters. The van der Waals surface area contributed by atoms with E-state index in [9.17, 15) is 19.8 Å². The molecule has 0 amide bonds. The Hall–Kier alpha value is -1.44. The molecule has 1 aliphatic rings. The Labute approximate surface area is 89.9 Å². The minimum Gasteiger partial charge on any atom is -0.388 e. The minimum absolute atomic E-state index is 0.526. The summed E-state index contributed by atoms with van der Waals surface area (Å²) in [5.74, 6) is 0. The van der Waals surface area contributed by atoms with E-state index < -0.39 is 35.8 Å². The molecule has 1 fully saturated rings. The molecular formula is C9H12N2O5. The summed E-state index contributed by atoms with van der Waals surface area (Å²) in [6, 6.07) is 1.15. The lowest BCUT2D eigenvalue weighted by atomic mass is 10.1. The summed E-state index contributed by atoms with van der Waals surface area (Å²) in [7, 11) is 0. The van der Waals surface area contributed by atoms with Crippen molar-refractivity contribution >= 4 is 0 Å². The zero-order valence-electron chi connectivity index (χ0n) is 8.53. The summed E-state index contributed by atoms with van der Waals surface area (Å²) < 4.78 is 6.27. The van der Waals surface area contributed by atoms with Gasteiger partial charge in [-0.1, -0.05) is 0 Å². The normalized spacial score (nSPS) is 34.2. The molecule has 0 radical (unpaired) electrons. The fraction of sp³-hybridized carbons (Fsp3) is 0.556. The van der Waals surface area contributed by atoms with Crippen LogP contribution in [-0.2, 0) is 4.74 Å². The van der Waals surface area contributed by atoms with Gasteiger partial charge in [0.25, 0.3) is 5.56 Å². The second-order valence-electron chi connectivity index (χ2n) is 3.73. The number of aromatic amines is 1. The van der Waals surface area contributed by atoms with Crippen LogP contribution in [0.2, 0.25) is 0 Å². The number of hydrogen-bond donors (Lipinski definition) is 3. The smallest absolute Gasteiger partial charge is 0.330 e. The maximum atomic E-state index is 11.4. The molecule has 2 heterocycles. The van der Waals surface area contributed by atoms with E-state index in [1.807, 2.05) is 4.98 Å². The lowest BCUT2D eigenvalue weighted by molar-refractivity contribution is -0.0351. The van der Waals surface area contributed by atoms with Gasteiger partial charge in [0.05, 0.1) is 6.10 Å². The van der Waals surface area contributed by atoms with E-state index >= 15 is 0 Å². The molecule has 1 aromatic heterocycles. The lowest BCUT2D eigenvalue weighted by Gasteiger charge is -2.16. The Morgan fingerprint density at radius 1 is 1.38 bits per heavy atom. The third-order valence-electron chi connectivity index (χ3n) is 2.60. The van der Waals surface area contributed by atoms with Crippen molar-refractivity contribution in [1.29, 1.82) is 0 Å². The summed E-state index contributed by atoms with van der Waals surface area (Å²) in [5, 5.41) is 19.1. The number of ether oxygens (including phenoxy) is 1. The third-order valence-corrected chi connectivity index (χ3v) is 2.60. The molecule has 1 saturated heterocycles. The van der Waals surface area contributed by atoms with Gasteiger partial charge in [0.1, 0.15) is 12.2 Å². The zero-order valence-corrected chi connectivity index (χ0v) is 8.53. The summed E-state index contributed by atoms with van der Waals surface area (Å²) >= 11 is 0. The van der Waals surface area contributed by atoms with Crippen LogP contribution in [-0.4, -0.2) is 38.1 Å². The van der Waals surface area contributed by atoms with E-state index in [1.165, 1.54) is 6.20 Å². The summed E-state index contributed by atoms with van der Waals surface area (Å²) in [5.41, 5.74) is -1.21. The number of H-pyrrole nitrogens is 1. The number of nitrogens with zero attached hydrogens (tertiary/aromatic N) is 1. The molecule has 16 heavy (non-hydrogen) atoms. The van der Waals surface area contributed by atoms with E-state index in [4.69, 9.17) is 4.74 Å². The van der Waals surface area contributed by atoms with Crippen LogP contribution in [0, 0.1) is 0 Å². The van der Waals surface area contributed by atoms with Crippen LogP contribution in [0.1, 0.15) is 13.2 Å². The summed E-state index contributed by atoms with van der Waals surface area (Å²) in [4.78, 5) is 24.3. The first-order chi connectivity index (χ1) is 7.50. The summed E-state index contributed by atoms with van der Waals surface area (Å²) in [6.07, 6.45) is -2.57. The van der Waals surface area contributed by atoms with Gasteiger partial charge < -0.3 is 14.9 Å². The van der Waals surface area contributed by atoms with Crippen LogP contribution in [0.15, 0.2) is 21.9 Å². The molecule has 7 heteroatoms. The molecule has 1 aliphatic heterocycles. The maximum Gasteiger partial charge on any atom is 0.330 e. The van der Waals surface area contributed by atoms with Gasteiger partial charge in [0.2, 0.25) is 0 Å².